The lowest BCUT2D eigenvalue weighted by Gasteiger charge is -2.27. The molecule has 3 heterocycles. The van der Waals surface area contributed by atoms with Gasteiger partial charge in [-0.1, -0.05) is 5.92 Å². The molecule has 4 heteroatoms. The Kier molecular flexibility index (Phi) is 2.66. The van der Waals surface area contributed by atoms with Gasteiger partial charge < -0.3 is 18.9 Å². The van der Waals surface area contributed by atoms with E-state index in [1.807, 2.05) is 25.2 Å². The van der Waals surface area contributed by atoms with E-state index in [1.165, 1.54) is 0 Å². The molecule has 4 atom stereocenters. The summed E-state index contributed by atoms with van der Waals surface area (Å²) < 4.78 is 22.3. The van der Waals surface area contributed by atoms with Gasteiger partial charge in [0.1, 0.15) is 11.9 Å². The van der Waals surface area contributed by atoms with Crippen molar-refractivity contribution in [3.8, 4) is 11.8 Å². The molecular formula is C14H14O4. The molecule has 0 aliphatic carbocycles. The second-order valence-electron chi connectivity index (χ2n) is 4.31. The van der Waals surface area contributed by atoms with Gasteiger partial charge in [-0.25, -0.2) is 0 Å². The summed E-state index contributed by atoms with van der Waals surface area (Å²) in [5.74, 6) is 5.40. The summed E-state index contributed by atoms with van der Waals surface area (Å²) in [6.07, 6.45) is 8.48. The van der Waals surface area contributed by atoms with Gasteiger partial charge in [-0.15, -0.1) is 5.92 Å². The van der Waals surface area contributed by atoms with E-state index < -0.39 is 5.79 Å². The van der Waals surface area contributed by atoms with Crippen LogP contribution in [0.2, 0.25) is 0 Å². The van der Waals surface area contributed by atoms with Crippen LogP contribution in [-0.2, 0) is 18.9 Å². The fraction of sp³-hybridized carbons (Fsp3) is 0.429. The summed E-state index contributed by atoms with van der Waals surface area (Å²) in [6.45, 7) is 3.74. The molecule has 3 aliphatic heterocycles. The maximum Gasteiger partial charge on any atom is 0.301 e. The molecule has 0 bridgehead atoms. The maximum absolute atomic E-state index is 5.77. The predicted octanol–water partition coefficient (Wildman–Crippen LogP) is 1.85. The first-order valence-corrected chi connectivity index (χ1v) is 5.89. The van der Waals surface area contributed by atoms with Gasteiger partial charge in [0.2, 0.25) is 0 Å². The second-order valence-corrected chi connectivity index (χ2v) is 4.31. The van der Waals surface area contributed by atoms with Crippen LogP contribution >= 0.6 is 0 Å². The summed E-state index contributed by atoms with van der Waals surface area (Å²) in [5.41, 5.74) is 0. The maximum atomic E-state index is 5.77. The van der Waals surface area contributed by atoms with Gasteiger partial charge in [-0.05, 0) is 26.0 Å². The van der Waals surface area contributed by atoms with Crippen molar-refractivity contribution >= 4 is 0 Å². The highest BCUT2D eigenvalue weighted by Gasteiger charge is 2.51. The van der Waals surface area contributed by atoms with Gasteiger partial charge in [-0.2, -0.15) is 0 Å². The number of rotatable bonds is 2. The van der Waals surface area contributed by atoms with Crippen LogP contribution in [0.3, 0.4) is 0 Å². The molecule has 94 valence electrons. The average molecular weight is 246 g/mol. The third-order valence-corrected chi connectivity index (χ3v) is 2.95. The first-order chi connectivity index (χ1) is 8.73. The van der Waals surface area contributed by atoms with Crippen molar-refractivity contribution < 1.29 is 18.9 Å². The normalized spacial score (nSPS) is 41.7. The van der Waals surface area contributed by atoms with Crippen molar-refractivity contribution in [2.75, 3.05) is 0 Å². The molecule has 0 amide bonds. The Hall–Kier alpha value is -1.70. The van der Waals surface area contributed by atoms with E-state index in [1.54, 1.807) is 19.3 Å². The lowest BCUT2D eigenvalue weighted by Crippen LogP contribution is -2.40. The number of epoxide rings is 1. The van der Waals surface area contributed by atoms with Crippen molar-refractivity contribution in [2.24, 2.45) is 0 Å². The number of allylic oxidation sites excluding steroid dienone is 2. The van der Waals surface area contributed by atoms with E-state index >= 15 is 0 Å². The van der Waals surface area contributed by atoms with Crippen LogP contribution in [-0.4, -0.2) is 24.3 Å². The summed E-state index contributed by atoms with van der Waals surface area (Å²) in [6, 6.07) is 0. The molecule has 3 aliphatic rings. The summed E-state index contributed by atoms with van der Waals surface area (Å²) in [5, 5.41) is 0. The lowest BCUT2D eigenvalue weighted by molar-refractivity contribution is -0.191. The van der Waals surface area contributed by atoms with Crippen LogP contribution in [0.5, 0.6) is 0 Å². The van der Waals surface area contributed by atoms with Crippen molar-refractivity contribution in [1.82, 2.24) is 0 Å². The molecule has 0 aromatic rings. The largest absolute Gasteiger partial charge is 0.454 e. The third-order valence-electron chi connectivity index (χ3n) is 2.95. The molecule has 1 fully saturated rings. The minimum atomic E-state index is -0.896. The number of hydrogen-bond acceptors (Lipinski definition) is 4. The molecule has 3 rings (SSSR count). The molecule has 18 heavy (non-hydrogen) atoms. The smallest absolute Gasteiger partial charge is 0.301 e. The van der Waals surface area contributed by atoms with E-state index in [0.717, 1.165) is 0 Å². The monoisotopic (exact) mass is 246 g/mol. The molecule has 0 aromatic carbocycles. The zero-order valence-corrected chi connectivity index (χ0v) is 10.3. The fourth-order valence-electron chi connectivity index (χ4n) is 1.90. The second kappa shape index (κ2) is 4.20. The lowest BCUT2D eigenvalue weighted by atomic mass is 10.1. The molecule has 0 aromatic heterocycles. The van der Waals surface area contributed by atoms with Gasteiger partial charge in [0.05, 0.1) is 6.26 Å². The molecule has 1 saturated heterocycles. The summed E-state index contributed by atoms with van der Waals surface area (Å²) in [7, 11) is 0. The minimum absolute atomic E-state index is 0.141. The Morgan fingerprint density at radius 1 is 1.50 bits per heavy atom. The molecule has 4 nitrogen and oxygen atoms in total. The van der Waals surface area contributed by atoms with Crippen LogP contribution in [0.15, 0.2) is 36.3 Å². The van der Waals surface area contributed by atoms with Gasteiger partial charge in [0.25, 0.3) is 0 Å². The highest BCUT2D eigenvalue weighted by atomic mass is 16.8. The van der Waals surface area contributed by atoms with E-state index in [4.69, 9.17) is 18.9 Å². The SMILES string of the molecule is CC#CC=C1C=CC2(OC=CC2OC2OC2C)O1. The quantitative estimate of drug-likeness (QED) is 0.550. The predicted molar refractivity (Wildman–Crippen MR) is 63.9 cm³/mol. The van der Waals surface area contributed by atoms with Gasteiger partial charge in [0, 0.05) is 12.2 Å². The Morgan fingerprint density at radius 3 is 3.06 bits per heavy atom. The topological polar surface area (TPSA) is 40.2 Å². The van der Waals surface area contributed by atoms with Crippen LogP contribution in [0, 0.1) is 11.8 Å². The van der Waals surface area contributed by atoms with Crippen LogP contribution in [0.4, 0.5) is 0 Å². The van der Waals surface area contributed by atoms with Crippen molar-refractivity contribution in [2.45, 2.75) is 38.1 Å². The molecule has 1 spiro atoms. The Bertz CT molecular complexity index is 494. The molecular weight excluding hydrogens is 232 g/mol. The third kappa shape index (κ3) is 1.92. The van der Waals surface area contributed by atoms with Gasteiger partial charge in [-0.3, -0.25) is 0 Å². The number of hydrogen-bond donors (Lipinski definition) is 0. The summed E-state index contributed by atoms with van der Waals surface area (Å²) in [4.78, 5) is 0. The standard InChI is InChI=1S/C14H14O4/c1-3-4-5-11-6-8-14(18-11)12(7-9-15-14)17-13-10(2)16-13/h5-10,12-13H,1-2H3. The first-order valence-electron chi connectivity index (χ1n) is 5.89. The highest BCUT2D eigenvalue weighted by Crippen LogP contribution is 2.39. The zero-order valence-electron chi connectivity index (χ0n) is 10.3. The molecule has 0 saturated carbocycles. The van der Waals surface area contributed by atoms with Gasteiger partial charge >= 0.3 is 5.79 Å². The van der Waals surface area contributed by atoms with E-state index in [2.05, 4.69) is 11.8 Å². The van der Waals surface area contributed by atoms with Crippen LogP contribution in [0.1, 0.15) is 13.8 Å². The van der Waals surface area contributed by atoms with E-state index in [0.29, 0.717) is 5.76 Å². The Morgan fingerprint density at radius 2 is 2.33 bits per heavy atom. The zero-order chi connectivity index (χ0) is 12.6. The minimum Gasteiger partial charge on any atom is -0.454 e. The highest BCUT2D eigenvalue weighted by molar-refractivity contribution is 5.32. The fourth-order valence-corrected chi connectivity index (χ4v) is 1.90. The van der Waals surface area contributed by atoms with Crippen LogP contribution < -0.4 is 0 Å². The summed E-state index contributed by atoms with van der Waals surface area (Å²) >= 11 is 0. The average Bonchev–Trinajstić information content (AvgIpc) is 2.80. The van der Waals surface area contributed by atoms with Crippen molar-refractivity contribution in [1.29, 1.82) is 0 Å². The number of ether oxygens (including phenoxy) is 4. The molecule has 0 N–H and O–H groups in total. The van der Waals surface area contributed by atoms with Crippen LogP contribution in [0.25, 0.3) is 0 Å². The van der Waals surface area contributed by atoms with Gasteiger partial charge in [0.15, 0.2) is 12.4 Å². The first kappa shape index (κ1) is 11.4. The molecule has 0 radical (unpaired) electrons. The van der Waals surface area contributed by atoms with E-state index in [9.17, 15) is 0 Å². The Labute approximate surface area is 106 Å². The molecule has 4 unspecified atom stereocenters. The van der Waals surface area contributed by atoms with E-state index in [-0.39, 0.29) is 18.5 Å². The van der Waals surface area contributed by atoms with Crippen molar-refractivity contribution in [3.05, 3.63) is 36.3 Å². The Balaban J connectivity index is 1.71. The van der Waals surface area contributed by atoms with Crippen molar-refractivity contribution in [3.63, 3.8) is 0 Å².